The summed E-state index contributed by atoms with van der Waals surface area (Å²) in [5.41, 5.74) is 0.142. The third-order valence-electron chi connectivity index (χ3n) is 1.73. The van der Waals surface area contributed by atoms with Gasteiger partial charge in [-0.1, -0.05) is 6.07 Å². The number of hydrogen-bond acceptors (Lipinski definition) is 2. The number of rotatable bonds is 4. The molecule has 1 rings (SSSR count). The molecule has 0 fully saturated rings. The second-order valence-corrected chi connectivity index (χ2v) is 2.79. The van der Waals surface area contributed by atoms with Crippen LogP contribution in [-0.4, -0.2) is 6.54 Å². The molecule has 4 heteroatoms. The third-order valence-corrected chi connectivity index (χ3v) is 1.73. The molecule has 0 heterocycles. The van der Waals surface area contributed by atoms with Gasteiger partial charge in [0.15, 0.2) is 11.6 Å². The van der Waals surface area contributed by atoms with Crippen LogP contribution in [0.25, 0.3) is 0 Å². The normalized spacial score (nSPS) is 9.50. The van der Waals surface area contributed by atoms with E-state index in [1.165, 1.54) is 12.1 Å². The van der Waals surface area contributed by atoms with E-state index in [0.717, 1.165) is 6.07 Å². The summed E-state index contributed by atoms with van der Waals surface area (Å²) in [5.74, 6) is -1.74. The molecule has 0 bridgehead atoms. The average Bonchev–Trinajstić information content (AvgIpc) is 2.19. The molecule has 0 atom stereocenters. The molecule has 0 aromatic heterocycles. The highest BCUT2D eigenvalue weighted by Gasteiger charge is 2.05. The van der Waals surface area contributed by atoms with Gasteiger partial charge in [-0.2, -0.15) is 5.26 Å². The molecule has 0 amide bonds. The van der Waals surface area contributed by atoms with Gasteiger partial charge in [-0.05, 0) is 18.6 Å². The quantitative estimate of drug-likeness (QED) is 0.751. The van der Waals surface area contributed by atoms with Gasteiger partial charge in [0.2, 0.25) is 0 Å². The Kier molecular flexibility index (Phi) is 3.86. The van der Waals surface area contributed by atoms with Gasteiger partial charge in [-0.3, -0.25) is 0 Å². The summed E-state index contributed by atoms with van der Waals surface area (Å²) in [6, 6.07) is 5.94. The summed E-state index contributed by atoms with van der Waals surface area (Å²) in [7, 11) is 0. The summed E-state index contributed by atoms with van der Waals surface area (Å²) in [6.07, 6.45) is 1.02. The summed E-state index contributed by atoms with van der Waals surface area (Å²) < 4.78 is 25.7. The number of nitrogens with zero attached hydrogens (tertiary/aromatic N) is 1. The maximum Gasteiger partial charge on any atom is 0.181 e. The number of anilines is 1. The molecule has 1 aromatic carbocycles. The number of benzene rings is 1. The van der Waals surface area contributed by atoms with E-state index in [0.29, 0.717) is 19.4 Å². The lowest BCUT2D eigenvalue weighted by Gasteiger charge is -2.05. The van der Waals surface area contributed by atoms with Crippen molar-refractivity contribution in [3.8, 4) is 6.07 Å². The molecule has 0 spiro atoms. The molecular formula is C10H10F2N2. The third kappa shape index (κ3) is 2.70. The Hall–Kier alpha value is -1.63. The fourth-order valence-electron chi connectivity index (χ4n) is 1.03. The van der Waals surface area contributed by atoms with Crippen LogP contribution in [0.3, 0.4) is 0 Å². The first-order chi connectivity index (χ1) is 6.75. The first-order valence-electron chi connectivity index (χ1n) is 4.30. The minimum atomic E-state index is -0.871. The monoisotopic (exact) mass is 196 g/mol. The van der Waals surface area contributed by atoms with Crippen molar-refractivity contribution in [2.45, 2.75) is 12.8 Å². The Bertz CT molecular complexity index is 344. The number of unbranched alkanes of at least 4 members (excludes halogenated alkanes) is 1. The lowest BCUT2D eigenvalue weighted by Crippen LogP contribution is -2.03. The van der Waals surface area contributed by atoms with E-state index in [9.17, 15) is 8.78 Å². The van der Waals surface area contributed by atoms with Gasteiger partial charge in [-0.25, -0.2) is 8.78 Å². The number of hydrogen-bond donors (Lipinski definition) is 1. The topological polar surface area (TPSA) is 35.8 Å². The first-order valence-corrected chi connectivity index (χ1v) is 4.30. The molecule has 0 aliphatic heterocycles. The van der Waals surface area contributed by atoms with E-state index in [1.807, 2.05) is 6.07 Å². The molecule has 0 aliphatic carbocycles. The van der Waals surface area contributed by atoms with Crippen LogP contribution in [0, 0.1) is 23.0 Å². The Labute approximate surface area is 81.2 Å². The molecule has 2 nitrogen and oxygen atoms in total. The maximum absolute atomic E-state index is 13.0. The second-order valence-electron chi connectivity index (χ2n) is 2.79. The van der Waals surface area contributed by atoms with Crippen LogP contribution in [0.4, 0.5) is 14.5 Å². The Morgan fingerprint density at radius 1 is 1.36 bits per heavy atom. The van der Waals surface area contributed by atoms with Crippen molar-refractivity contribution in [1.29, 1.82) is 5.26 Å². The minimum absolute atomic E-state index is 0.142. The molecule has 0 saturated heterocycles. The van der Waals surface area contributed by atoms with Crippen LogP contribution in [0.1, 0.15) is 12.8 Å². The molecule has 0 radical (unpaired) electrons. The zero-order valence-electron chi connectivity index (χ0n) is 7.56. The molecule has 14 heavy (non-hydrogen) atoms. The van der Waals surface area contributed by atoms with E-state index >= 15 is 0 Å². The second kappa shape index (κ2) is 5.18. The van der Waals surface area contributed by atoms with E-state index in [-0.39, 0.29) is 5.69 Å². The highest BCUT2D eigenvalue weighted by molar-refractivity contribution is 5.44. The minimum Gasteiger partial charge on any atom is -0.383 e. The van der Waals surface area contributed by atoms with Gasteiger partial charge in [0.05, 0.1) is 11.8 Å². The van der Waals surface area contributed by atoms with Crippen molar-refractivity contribution in [3.05, 3.63) is 29.8 Å². The molecule has 1 N–H and O–H groups in total. The first kappa shape index (κ1) is 10.5. The average molecular weight is 196 g/mol. The van der Waals surface area contributed by atoms with Crippen molar-refractivity contribution in [1.82, 2.24) is 0 Å². The summed E-state index contributed by atoms with van der Waals surface area (Å²) in [4.78, 5) is 0. The summed E-state index contributed by atoms with van der Waals surface area (Å²) in [6.45, 7) is 0.466. The lowest BCUT2D eigenvalue weighted by atomic mass is 10.2. The van der Waals surface area contributed by atoms with Crippen molar-refractivity contribution in [2.24, 2.45) is 0 Å². The molecule has 74 valence electrons. The molecule has 1 aromatic rings. The van der Waals surface area contributed by atoms with Crippen LogP contribution in [0.15, 0.2) is 18.2 Å². The van der Waals surface area contributed by atoms with Gasteiger partial charge >= 0.3 is 0 Å². The van der Waals surface area contributed by atoms with E-state index in [1.54, 1.807) is 0 Å². The van der Waals surface area contributed by atoms with Gasteiger partial charge in [0.25, 0.3) is 0 Å². The summed E-state index contributed by atoms with van der Waals surface area (Å²) in [5, 5.41) is 11.0. The molecule has 0 saturated carbocycles. The van der Waals surface area contributed by atoms with E-state index in [2.05, 4.69) is 5.32 Å². The predicted molar refractivity (Wildman–Crippen MR) is 49.7 cm³/mol. The Morgan fingerprint density at radius 3 is 2.86 bits per heavy atom. The highest BCUT2D eigenvalue weighted by atomic mass is 19.2. The Morgan fingerprint density at radius 2 is 2.14 bits per heavy atom. The van der Waals surface area contributed by atoms with Gasteiger partial charge in [0, 0.05) is 13.0 Å². The van der Waals surface area contributed by atoms with E-state index < -0.39 is 11.6 Å². The van der Waals surface area contributed by atoms with Crippen LogP contribution in [0.5, 0.6) is 0 Å². The van der Waals surface area contributed by atoms with Gasteiger partial charge in [-0.15, -0.1) is 0 Å². The number of nitriles is 1. The molecular weight excluding hydrogens is 186 g/mol. The SMILES string of the molecule is N#CCCCNc1cccc(F)c1F. The van der Waals surface area contributed by atoms with Crippen molar-refractivity contribution in [3.63, 3.8) is 0 Å². The Balaban J connectivity index is 2.51. The predicted octanol–water partition coefficient (Wildman–Crippen LogP) is 2.68. The zero-order valence-corrected chi connectivity index (χ0v) is 7.56. The molecule has 0 unspecified atom stereocenters. The number of halogens is 2. The van der Waals surface area contributed by atoms with Crippen LogP contribution in [0.2, 0.25) is 0 Å². The standard InChI is InChI=1S/C10H10F2N2/c11-8-4-3-5-9(10(8)12)14-7-2-1-6-13/h3-5,14H,1-2,7H2. The van der Waals surface area contributed by atoms with Crippen molar-refractivity contribution >= 4 is 5.69 Å². The smallest absolute Gasteiger partial charge is 0.181 e. The largest absolute Gasteiger partial charge is 0.383 e. The van der Waals surface area contributed by atoms with E-state index in [4.69, 9.17) is 5.26 Å². The zero-order chi connectivity index (χ0) is 10.4. The van der Waals surface area contributed by atoms with Crippen LogP contribution >= 0.6 is 0 Å². The fraction of sp³-hybridized carbons (Fsp3) is 0.300. The lowest BCUT2D eigenvalue weighted by molar-refractivity contribution is 0.511. The summed E-state index contributed by atoms with van der Waals surface area (Å²) >= 11 is 0. The van der Waals surface area contributed by atoms with Gasteiger partial charge in [0.1, 0.15) is 0 Å². The van der Waals surface area contributed by atoms with Crippen LogP contribution < -0.4 is 5.32 Å². The fourth-order valence-corrected chi connectivity index (χ4v) is 1.03. The maximum atomic E-state index is 13.0. The van der Waals surface area contributed by atoms with Gasteiger partial charge < -0.3 is 5.32 Å². The molecule has 0 aliphatic rings. The highest BCUT2D eigenvalue weighted by Crippen LogP contribution is 2.16. The van der Waals surface area contributed by atoms with Crippen LogP contribution in [-0.2, 0) is 0 Å². The van der Waals surface area contributed by atoms with Crippen molar-refractivity contribution in [2.75, 3.05) is 11.9 Å². The number of nitrogens with one attached hydrogen (secondary N) is 1. The van der Waals surface area contributed by atoms with Crippen molar-refractivity contribution < 1.29 is 8.78 Å².